The molecule has 0 atom stereocenters. The minimum Gasteiger partial charge on any atom is -0.462 e. The smallest absolute Gasteiger partial charge is 0.340 e. The van der Waals surface area contributed by atoms with Crippen LogP contribution in [0.15, 0.2) is 46.9 Å². The minimum absolute atomic E-state index is 0.331. The van der Waals surface area contributed by atoms with Gasteiger partial charge in [-0.15, -0.1) is 0 Å². The molecule has 0 spiro atoms. The fraction of sp³-hybridized carbons (Fsp3) is 0.188. The lowest BCUT2D eigenvalue weighted by atomic mass is 10.1. The highest BCUT2D eigenvalue weighted by molar-refractivity contribution is 9.10. The second-order valence-corrected chi connectivity index (χ2v) is 5.68. The van der Waals surface area contributed by atoms with Crippen LogP contribution in [0, 0.1) is 0 Å². The second-order valence-electron chi connectivity index (χ2n) is 4.36. The third-order valence-electron chi connectivity index (χ3n) is 2.91. The molecule has 0 amide bonds. The lowest BCUT2D eigenvalue weighted by Gasteiger charge is -2.12. The topological polar surface area (TPSA) is 38.3 Å². The van der Waals surface area contributed by atoms with Gasteiger partial charge in [0, 0.05) is 21.7 Å². The van der Waals surface area contributed by atoms with Gasteiger partial charge >= 0.3 is 5.97 Å². The zero-order valence-electron chi connectivity index (χ0n) is 11.5. The molecule has 0 aliphatic rings. The number of benzene rings is 2. The first-order valence-electron chi connectivity index (χ1n) is 6.55. The first kappa shape index (κ1) is 15.9. The summed E-state index contributed by atoms with van der Waals surface area (Å²) in [7, 11) is 0. The van der Waals surface area contributed by atoms with E-state index in [2.05, 4.69) is 21.2 Å². The molecule has 0 saturated carbocycles. The van der Waals surface area contributed by atoms with Crippen molar-refractivity contribution in [3.63, 3.8) is 0 Å². The highest BCUT2D eigenvalue weighted by Crippen LogP contribution is 2.23. The average Bonchev–Trinajstić information content (AvgIpc) is 2.47. The van der Waals surface area contributed by atoms with Crippen molar-refractivity contribution < 1.29 is 9.53 Å². The monoisotopic (exact) mass is 367 g/mol. The van der Waals surface area contributed by atoms with E-state index >= 15 is 0 Å². The van der Waals surface area contributed by atoms with Crippen molar-refractivity contribution in [3.05, 3.63) is 63.1 Å². The van der Waals surface area contributed by atoms with Gasteiger partial charge in [0.25, 0.3) is 0 Å². The summed E-state index contributed by atoms with van der Waals surface area (Å²) < 4.78 is 5.98. The SMILES string of the molecule is CCOC(=O)c1ccccc1NCc1ccc(Br)cc1Cl. The number of hydrogen-bond donors (Lipinski definition) is 1. The van der Waals surface area contributed by atoms with E-state index in [0.29, 0.717) is 23.7 Å². The Morgan fingerprint density at radius 3 is 2.76 bits per heavy atom. The van der Waals surface area contributed by atoms with E-state index in [4.69, 9.17) is 16.3 Å². The molecule has 21 heavy (non-hydrogen) atoms. The van der Waals surface area contributed by atoms with E-state index in [1.54, 1.807) is 13.0 Å². The van der Waals surface area contributed by atoms with Gasteiger partial charge in [-0.05, 0) is 36.8 Å². The van der Waals surface area contributed by atoms with Crippen LogP contribution < -0.4 is 5.32 Å². The van der Waals surface area contributed by atoms with Crippen LogP contribution in [0.3, 0.4) is 0 Å². The Morgan fingerprint density at radius 2 is 2.05 bits per heavy atom. The van der Waals surface area contributed by atoms with Crippen LogP contribution in [0.25, 0.3) is 0 Å². The van der Waals surface area contributed by atoms with Crippen molar-refractivity contribution in [2.24, 2.45) is 0 Å². The molecule has 0 unspecified atom stereocenters. The number of ether oxygens (including phenoxy) is 1. The quantitative estimate of drug-likeness (QED) is 0.764. The van der Waals surface area contributed by atoms with Crippen LogP contribution >= 0.6 is 27.5 Å². The molecule has 0 aliphatic heterocycles. The normalized spacial score (nSPS) is 10.2. The fourth-order valence-electron chi connectivity index (χ4n) is 1.88. The van der Waals surface area contributed by atoms with Crippen LogP contribution in [0.4, 0.5) is 5.69 Å². The zero-order valence-corrected chi connectivity index (χ0v) is 13.9. The van der Waals surface area contributed by atoms with Crippen molar-refractivity contribution in [2.45, 2.75) is 13.5 Å². The Labute approximate surface area is 137 Å². The zero-order chi connectivity index (χ0) is 15.2. The van der Waals surface area contributed by atoms with Crippen LogP contribution in [-0.4, -0.2) is 12.6 Å². The van der Waals surface area contributed by atoms with E-state index in [1.165, 1.54) is 0 Å². The van der Waals surface area contributed by atoms with Gasteiger partial charge in [0.15, 0.2) is 0 Å². The molecule has 0 aliphatic carbocycles. The largest absolute Gasteiger partial charge is 0.462 e. The lowest BCUT2D eigenvalue weighted by Crippen LogP contribution is -2.09. The number of anilines is 1. The van der Waals surface area contributed by atoms with E-state index < -0.39 is 0 Å². The number of esters is 1. The van der Waals surface area contributed by atoms with Gasteiger partial charge in [0.2, 0.25) is 0 Å². The molecule has 2 aromatic carbocycles. The van der Waals surface area contributed by atoms with Crippen LogP contribution in [-0.2, 0) is 11.3 Å². The molecule has 1 N–H and O–H groups in total. The maximum absolute atomic E-state index is 11.9. The number of hydrogen-bond acceptors (Lipinski definition) is 3. The van der Waals surface area contributed by atoms with E-state index in [1.807, 2.05) is 36.4 Å². The van der Waals surface area contributed by atoms with Gasteiger partial charge in [0.05, 0.1) is 12.2 Å². The predicted octanol–water partition coefficient (Wildman–Crippen LogP) is 4.89. The molecule has 3 nitrogen and oxygen atoms in total. The van der Waals surface area contributed by atoms with Gasteiger partial charge in [-0.3, -0.25) is 0 Å². The van der Waals surface area contributed by atoms with Crippen molar-refractivity contribution in [1.82, 2.24) is 0 Å². The summed E-state index contributed by atoms with van der Waals surface area (Å²) in [6, 6.07) is 13.0. The van der Waals surface area contributed by atoms with Gasteiger partial charge in [0.1, 0.15) is 0 Å². The van der Waals surface area contributed by atoms with Crippen LogP contribution in [0.5, 0.6) is 0 Å². The summed E-state index contributed by atoms with van der Waals surface area (Å²) in [5.74, 6) is -0.331. The Bertz CT molecular complexity index is 646. The molecule has 0 bridgehead atoms. The van der Waals surface area contributed by atoms with Crippen LogP contribution in [0.1, 0.15) is 22.8 Å². The van der Waals surface area contributed by atoms with Crippen LogP contribution in [0.2, 0.25) is 5.02 Å². The maximum Gasteiger partial charge on any atom is 0.340 e. The number of carbonyl (C=O) groups excluding carboxylic acids is 1. The summed E-state index contributed by atoms with van der Waals surface area (Å²) in [4.78, 5) is 11.9. The van der Waals surface area contributed by atoms with E-state index in [-0.39, 0.29) is 5.97 Å². The lowest BCUT2D eigenvalue weighted by molar-refractivity contribution is 0.0527. The molecule has 2 aromatic rings. The summed E-state index contributed by atoms with van der Waals surface area (Å²) in [6.45, 7) is 2.67. The highest BCUT2D eigenvalue weighted by atomic mass is 79.9. The fourth-order valence-corrected chi connectivity index (χ4v) is 2.62. The number of halogens is 2. The molecular weight excluding hydrogens is 354 g/mol. The van der Waals surface area contributed by atoms with Gasteiger partial charge in [-0.2, -0.15) is 0 Å². The maximum atomic E-state index is 11.9. The third-order valence-corrected chi connectivity index (χ3v) is 3.75. The Morgan fingerprint density at radius 1 is 1.29 bits per heavy atom. The predicted molar refractivity (Wildman–Crippen MR) is 88.9 cm³/mol. The Kier molecular flexibility index (Phi) is 5.65. The number of rotatable bonds is 5. The molecule has 110 valence electrons. The molecule has 0 radical (unpaired) electrons. The minimum atomic E-state index is -0.331. The van der Waals surface area contributed by atoms with Crippen molar-refractivity contribution in [2.75, 3.05) is 11.9 Å². The molecular formula is C16H15BrClNO2. The number of carbonyl (C=O) groups is 1. The average molecular weight is 369 g/mol. The number of para-hydroxylation sites is 1. The molecule has 2 rings (SSSR count). The van der Waals surface area contributed by atoms with Crippen molar-refractivity contribution in [3.8, 4) is 0 Å². The van der Waals surface area contributed by atoms with Crippen molar-refractivity contribution >= 4 is 39.2 Å². The molecule has 0 aromatic heterocycles. The summed E-state index contributed by atoms with van der Waals surface area (Å²) in [6.07, 6.45) is 0. The summed E-state index contributed by atoms with van der Waals surface area (Å²) >= 11 is 9.56. The Hall–Kier alpha value is -1.52. The summed E-state index contributed by atoms with van der Waals surface area (Å²) in [5.41, 5.74) is 2.21. The van der Waals surface area contributed by atoms with Gasteiger partial charge in [-0.1, -0.05) is 45.7 Å². The molecule has 0 heterocycles. The van der Waals surface area contributed by atoms with Crippen molar-refractivity contribution in [1.29, 1.82) is 0 Å². The molecule has 5 heteroatoms. The highest BCUT2D eigenvalue weighted by Gasteiger charge is 2.11. The van der Waals surface area contributed by atoms with E-state index in [0.717, 1.165) is 15.7 Å². The summed E-state index contributed by atoms with van der Waals surface area (Å²) in [5, 5.41) is 3.90. The second kappa shape index (κ2) is 7.48. The first-order valence-corrected chi connectivity index (χ1v) is 7.73. The third kappa shape index (κ3) is 4.22. The molecule has 0 saturated heterocycles. The van der Waals surface area contributed by atoms with Gasteiger partial charge in [-0.25, -0.2) is 4.79 Å². The Balaban J connectivity index is 2.14. The van der Waals surface area contributed by atoms with E-state index in [9.17, 15) is 4.79 Å². The molecule has 0 fully saturated rings. The standard InChI is InChI=1S/C16H15BrClNO2/c1-2-21-16(20)13-5-3-4-6-15(13)19-10-11-7-8-12(17)9-14(11)18/h3-9,19H,2,10H2,1H3. The van der Waals surface area contributed by atoms with Gasteiger partial charge < -0.3 is 10.1 Å². The number of nitrogens with one attached hydrogen (secondary N) is 1. The first-order chi connectivity index (χ1) is 10.1.